The topological polar surface area (TPSA) is 102 Å². The van der Waals surface area contributed by atoms with Crippen LogP contribution in [0, 0.1) is 6.92 Å². The van der Waals surface area contributed by atoms with Gasteiger partial charge in [0.2, 0.25) is 17.7 Å². The first-order valence-electron chi connectivity index (χ1n) is 8.16. The lowest BCUT2D eigenvalue weighted by atomic mass is 10.0. The van der Waals surface area contributed by atoms with Crippen molar-refractivity contribution in [3.05, 3.63) is 35.7 Å². The maximum absolute atomic E-state index is 12.1. The molecule has 2 heterocycles. The van der Waals surface area contributed by atoms with Crippen LogP contribution in [0.25, 0.3) is 11.5 Å². The fourth-order valence-corrected chi connectivity index (χ4v) is 4.99. The zero-order valence-electron chi connectivity index (χ0n) is 14.3. The fourth-order valence-electron chi connectivity index (χ4n) is 2.90. The van der Waals surface area contributed by atoms with Gasteiger partial charge in [-0.05, 0) is 32.4 Å². The van der Waals surface area contributed by atoms with E-state index in [1.165, 1.54) is 0 Å². The molecule has 1 amide bonds. The Kier molecular flexibility index (Phi) is 4.64. The van der Waals surface area contributed by atoms with E-state index >= 15 is 0 Å². The summed E-state index contributed by atoms with van der Waals surface area (Å²) in [6, 6.07) is 7.73. The number of sulfone groups is 1. The van der Waals surface area contributed by atoms with Crippen molar-refractivity contribution in [3.8, 4) is 11.5 Å². The van der Waals surface area contributed by atoms with E-state index in [-0.39, 0.29) is 23.8 Å². The SMILES string of the molecule is Cc1ccc(-c2nnc(CCC(=O)N[C@@]3(C)CCS(=O)(=O)C3)o2)cc1. The maximum atomic E-state index is 12.1. The number of nitrogens with zero attached hydrogens (tertiary/aromatic N) is 2. The Morgan fingerprint density at radius 2 is 2.00 bits per heavy atom. The first kappa shape index (κ1) is 17.6. The van der Waals surface area contributed by atoms with Crippen LogP contribution in [0.15, 0.2) is 28.7 Å². The summed E-state index contributed by atoms with van der Waals surface area (Å²) in [7, 11) is -3.05. The van der Waals surface area contributed by atoms with Gasteiger partial charge in [0.25, 0.3) is 0 Å². The quantitative estimate of drug-likeness (QED) is 0.867. The third kappa shape index (κ3) is 4.45. The van der Waals surface area contributed by atoms with Gasteiger partial charge in [-0.2, -0.15) is 0 Å². The van der Waals surface area contributed by atoms with E-state index in [0.29, 0.717) is 24.6 Å². The lowest BCUT2D eigenvalue weighted by Gasteiger charge is -2.23. The number of hydrogen-bond acceptors (Lipinski definition) is 6. The van der Waals surface area contributed by atoms with Crippen LogP contribution in [0.2, 0.25) is 0 Å². The summed E-state index contributed by atoms with van der Waals surface area (Å²) in [6.07, 6.45) is 0.928. The number of benzene rings is 1. The number of aryl methyl sites for hydroxylation is 2. The zero-order chi connectivity index (χ0) is 18.1. The van der Waals surface area contributed by atoms with Crippen molar-refractivity contribution in [2.75, 3.05) is 11.5 Å². The number of amides is 1. The molecule has 1 aliphatic heterocycles. The lowest BCUT2D eigenvalue weighted by molar-refractivity contribution is -0.122. The molecule has 8 heteroatoms. The van der Waals surface area contributed by atoms with Gasteiger partial charge in [-0.1, -0.05) is 17.7 Å². The number of aromatic nitrogens is 2. The summed E-state index contributed by atoms with van der Waals surface area (Å²) in [5.41, 5.74) is 1.29. The van der Waals surface area contributed by atoms with Crippen molar-refractivity contribution in [2.45, 2.75) is 38.6 Å². The van der Waals surface area contributed by atoms with Crippen LogP contribution < -0.4 is 5.32 Å². The Hall–Kier alpha value is -2.22. The molecule has 1 atom stereocenters. The number of hydrogen-bond donors (Lipinski definition) is 1. The van der Waals surface area contributed by atoms with Gasteiger partial charge in [0, 0.05) is 18.4 Å². The van der Waals surface area contributed by atoms with Gasteiger partial charge in [-0.25, -0.2) is 8.42 Å². The van der Waals surface area contributed by atoms with Crippen molar-refractivity contribution < 1.29 is 17.6 Å². The highest BCUT2D eigenvalue weighted by molar-refractivity contribution is 7.91. The molecule has 0 radical (unpaired) electrons. The highest BCUT2D eigenvalue weighted by Crippen LogP contribution is 2.23. The molecule has 1 aliphatic rings. The van der Waals surface area contributed by atoms with Crippen molar-refractivity contribution >= 4 is 15.7 Å². The summed E-state index contributed by atoms with van der Waals surface area (Å²) in [4.78, 5) is 12.1. The van der Waals surface area contributed by atoms with Gasteiger partial charge in [-0.15, -0.1) is 10.2 Å². The molecule has 1 aromatic heterocycles. The molecule has 1 N–H and O–H groups in total. The van der Waals surface area contributed by atoms with Crippen LogP contribution in [-0.2, 0) is 21.1 Å². The number of rotatable bonds is 5. The Balaban J connectivity index is 1.55. The fraction of sp³-hybridized carbons (Fsp3) is 0.471. The molecule has 25 heavy (non-hydrogen) atoms. The number of nitrogens with one attached hydrogen (secondary N) is 1. The lowest BCUT2D eigenvalue weighted by Crippen LogP contribution is -2.47. The van der Waals surface area contributed by atoms with Crippen LogP contribution in [0.1, 0.15) is 31.2 Å². The molecule has 1 aromatic carbocycles. The number of carbonyl (C=O) groups is 1. The number of carbonyl (C=O) groups excluding carboxylic acids is 1. The van der Waals surface area contributed by atoms with Crippen LogP contribution in [0.5, 0.6) is 0 Å². The van der Waals surface area contributed by atoms with E-state index in [1.54, 1.807) is 6.92 Å². The Morgan fingerprint density at radius 3 is 2.64 bits per heavy atom. The average molecular weight is 363 g/mol. The summed E-state index contributed by atoms with van der Waals surface area (Å²) >= 11 is 0. The minimum Gasteiger partial charge on any atom is -0.421 e. The van der Waals surface area contributed by atoms with Gasteiger partial charge in [0.15, 0.2) is 9.84 Å². The third-order valence-electron chi connectivity index (χ3n) is 4.28. The molecule has 3 rings (SSSR count). The molecule has 0 unspecified atom stereocenters. The predicted octanol–water partition coefficient (Wildman–Crippen LogP) is 1.67. The van der Waals surface area contributed by atoms with Gasteiger partial charge >= 0.3 is 0 Å². The van der Waals surface area contributed by atoms with Crippen LogP contribution in [0.3, 0.4) is 0 Å². The van der Waals surface area contributed by atoms with Crippen LogP contribution in [0.4, 0.5) is 0 Å². The average Bonchev–Trinajstić information content (AvgIpc) is 3.10. The van der Waals surface area contributed by atoms with Crippen LogP contribution >= 0.6 is 0 Å². The van der Waals surface area contributed by atoms with Crippen LogP contribution in [-0.4, -0.2) is 41.6 Å². The molecule has 0 aliphatic carbocycles. The molecule has 1 saturated heterocycles. The summed E-state index contributed by atoms with van der Waals surface area (Å²) in [6.45, 7) is 3.76. The molecule has 7 nitrogen and oxygen atoms in total. The molecule has 0 spiro atoms. The smallest absolute Gasteiger partial charge is 0.247 e. The van der Waals surface area contributed by atoms with Gasteiger partial charge in [0.05, 0.1) is 17.0 Å². The van der Waals surface area contributed by atoms with E-state index < -0.39 is 15.4 Å². The summed E-state index contributed by atoms with van der Waals surface area (Å²) < 4.78 is 28.8. The van der Waals surface area contributed by atoms with E-state index in [4.69, 9.17) is 4.42 Å². The van der Waals surface area contributed by atoms with Crippen molar-refractivity contribution in [1.29, 1.82) is 0 Å². The first-order chi connectivity index (χ1) is 11.7. The van der Waals surface area contributed by atoms with Gasteiger partial charge in [0.1, 0.15) is 0 Å². The Bertz CT molecular complexity index is 874. The van der Waals surface area contributed by atoms with Gasteiger partial charge < -0.3 is 9.73 Å². The molecule has 1 fully saturated rings. The molecule has 2 aromatic rings. The van der Waals surface area contributed by atoms with E-state index in [9.17, 15) is 13.2 Å². The first-order valence-corrected chi connectivity index (χ1v) is 9.98. The van der Waals surface area contributed by atoms with Gasteiger partial charge in [-0.3, -0.25) is 4.79 Å². The van der Waals surface area contributed by atoms with Crippen molar-refractivity contribution in [3.63, 3.8) is 0 Å². The molecule has 0 saturated carbocycles. The minimum atomic E-state index is -3.05. The second-order valence-corrected chi connectivity index (χ2v) is 9.00. The zero-order valence-corrected chi connectivity index (χ0v) is 15.1. The predicted molar refractivity (Wildman–Crippen MR) is 92.6 cm³/mol. The maximum Gasteiger partial charge on any atom is 0.247 e. The van der Waals surface area contributed by atoms with E-state index in [0.717, 1.165) is 11.1 Å². The normalized spacial score (nSPS) is 22.0. The van der Waals surface area contributed by atoms with Crippen molar-refractivity contribution in [2.24, 2.45) is 0 Å². The van der Waals surface area contributed by atoms with Crippen molar-refractivity contribution in [1.82, 2.24) is 15.5 Å². The molecule has 0 bridgehead atoms. The van der Waals surface area contributed by atoms with E-state index in [1.807, 2.05) is 31.2 Å². The Labute approximate surface area is 146 Å². The summed E-state index contributed by atoms with van der Waals surface area (Å²) in [5.74, 6) is 0.700. The minimum absolute atomic E-state index is 0.0101. The summed E-state index contributed by atoms with van der Waals surface area (Å²) in [5, 5.41) is 10.8. The standard InChI is InChI=1S/C17H21N3O4S/c1-12-3-5-13(6-4-12)16-20-19-15(24-16)8-7-14(21)18-17(2)9-10-25(22,23)11-17/h3-6H,7-11H2,1-2H3,(H,18,21)/t17-/m0/s1. The molecular formula is C17H21N3O4S. The monoisotopic (exact) mass is 363 g/mol. The molecule has 134 valence electrons. The Morgan fingerprint density at radius 1 is 1.28 bits per heavy atom. The van der Waals surface area contributed by atoms with E-state index in [2.05, 4.69) is 15.5 Å². The second-order valence-electron chi connectivity index (χ2n) is 6.82. The largest absolute Gasteiger partial charge is 0.421 e. The highest BCUT2D eigenvalue weighted by Gasteiger charge is 2.39. The third-order valence-corrected chi connectivity index (χ3v) is 6.18. The highest BCUT2D eigenvalue weighted by atomic mass is 32.2. The molecular weight excluding hydrogens is 342 g/mol. The second kappa shape index (κ2) is 6.59.